The number of aromatic nitrogens is 3. The third kappa shape index (κ3) is 8.23. The molecule has 29 heavy (non-hydrogen) atoms. The molecule has 0 spiro atoms. The zero-order valence-corrected chi connectivity index (χ0v) is 19.3. The molecule has 170 valence electrons. The number of rotatable bonds is 8. The first-order chi connectivity index (χ1) is 14.0. The molecule has 2 rings (SSSR count). The molecule has 6 nitrogen and oxygen atoms in total. The van der Waals surface area contributed by atoms with Crippen molar-refractivity contribution in [3.63, 3.8) is 0 Å². The van der Waals surface area contributed by atoms with E-state index in [4.69, 9.17) is 0 Å². The van der Waals surface area contributed by atoms with Crippen LogP contribution < -0.4 is 5.32 Å². The van der Waals surface area contributed by atoms with E-state index in [0.29, 0.717) is 38.8 Å². The average Bonchev–Trinajstić information content (AvgIpc) is 3.13. The van der Waals surface area contributed by atoms with E-state index >= 15 is 4.39 Å². The number of Topliss-reactive ketones (excluding diaryl/α,β-unsaturated/α-hetero) is 1. The number of ketones is 1. The Morgan fingerprint density at radius 2 is 1.86 bits per heavy atom. The fourth-order valence-electron chi connectivity index (χ4n) is 3.23. The number of nitrogens with zero attached hydrogens (tertiary/aromatic N) is 3. The van der Waals surface area contributed by atoms with Gasteiger partial charge in [0.1, 0.15) is 11.5 Å². The highest BCUT2D eigenvalue weighted by molar-refractivity contribution is 5.86. The van der Waals surface area contributed by atoms with Crippen LogP contribution in [0.4, 0.5) is 4.39 Å². The van der Waals surface area contributed by atoms with Crippen molar-refractivity contribution in [2.45, 2.75) is 112 Å². The molecule has 7 heteroatoms. The molecule has 0 saturated heterocycles. The zero-order chi connectivity index (χ0) is 22.3. The van der Waals surface area contributed by atoms with Crippen LogP contribution in [0.3, 0.4) is 0 Å². The number of hydrogen-bond donors (Lipinski definition) is 1. The number of unbranched alkanes of at least 4 members (excludes halogenated alkanes) is 1. The molecule has 0 fully saturated rings. The molecule has 0 bridgehead atoms. The first-order valence-corrected chi connectivity index (χ1v) is 11.4. The summed E-state index contributed by atoms with van der Waals surface area (Å²) in [5, 5.41) is 10.8. The number of carbonyl (C=O) groups excluding carboxylic acids is 2. The molecule has 1 heterocycles. The van der Waals surface area contributed by atoms with E-state index in [1.807, 2.05) is 27.7 Å². The Hall–Kier alpha value is -1.79. The van der Waals surface area contributed by atoms with Crippen molar-refractivity contribution in [2.24, 2.45) is 0 Å². The first-order valence-electron chi connectivity index (χ1n) is 11.4. The quantitative estimate of drug-likeness (QED) is 0.597. The minimum atomic E-state index is -2.13. The van der Waals surface area contributed by atoms with Crippen LogP contribution in [-0.2, 0) is 28.2 Å². The van der Waals surface area contributed by atoms with Crippen molar-refractivity contribution in [1.29, 1.82) is 0 Å². The summed E-state index contributed by atoms with van der Waals surface area (Å²) in [6, 6.07) is 0. The number of fused-ring (bicyclic) bond motifs is 1. The summed E-state index contributed by atoms with van der Waals surface area (Å²) in [6.07, 6.45) is 6.22. The van der Waals surface area contributed by atoms with E-state index in [1.165, 1.54) is 6.92 Å². The summed E-state index contributed by atoms with van der Waals surface area (Å²) in [5.41, 5.74) is -1.18. The smallest absolute Gasteiger partial charge is 0.264 e. The second-order valence-electron chi connectivity index (χ2n) is 6.88. The number of hydrogen-bond acceptors (Lipinski definition) is 4. The SMILES string of the molecule is CC.CC.CCCCn1nnc2c1CCCCCC2(F)C(=O)NCCCC(C)=O.[HH]. The van der Waals surface area contributed by atoms with Crippen LogP contribution in [0, 0.1) is 0 Å². The van der Waals surface area contributed by atoms with Gasteiger partial charge in [-0.3, -0.25) is 4.79 Å². The van der Waals surface area contributed by atoms with Crippen molar-refractivity contribution in [2.75, 3.05) is 6.54 Å². The number of carbonyl (C=O) groups is 2. The van der Waals surface area contributed by atoms with E-state index in [0.717, 1.165) is 31.4 Å². The van der Waals surface area contributed by atoms with Gasteiger partial charge in [-0.2, -0.15) is 0 Å². The van der Waals surface area contributed by atoms with Crippen molar-refractivity contribution in [3.05, 3.63) is 11.4 Å². The van der Waals surface area contributed by atoms with Gasteiger partial charge >= 0.3 is 0 Å². The molecule has 1 aromatic heterocycles. The largest absolute Gasteiger partial charge is 0.353 e. The number of alkyl halides is 1. The Labute approximate surface area is 177 Å². The summed E-state index contributed by atoms with van der Waals surface area (Å²) in [7, 11) is 0. The van der Waals surface area contributed by atoms with Crippen LogP contribution in [0.25, 0.3) is 0 Å². The van der Waals surface area contributed by atoms with Crippen LogP contribution in [0.2, 0.25) is 0 Å². The van der Waals surface area contributed by atoms with Crippen molar-refractivity contribution >= 4 is 11.7 Å². The second-order valence-corrected chi connectivity index (χ2v) is 6.88. The predicted octanol–water partition coefficient (Wildman–Crippen LogP) is 5.14. The molecule has 1 unspecified atom stereocenters. The summed E-state index contributed by atoms with van der Waals surface area (Å²) in [5.74, 6) is -0.585. The van der Waals surface area contributed by atoms with Crippen LogP contribution in [-0.4, -0.2) is 33.2 Å². The van der Waals surface area contributed by atoms with Gasteiger partial charge in [-0.1, -0.05) is 52.7 Å². The maximum absolute atomic E-state index is 15.7. The molecule has 0 radical (unpaired) electrons. The van der Waals surface area contributed by atoms with Gasteiger partial charge in [0.15, 0.2) is 0 Å². The minimum absolute atomic E-state index is 0. The Morgan fingerprint density at radius 1 is 1.17 bits per heavy atom. The molecule has 1 aliphatic carbocycles. The average molecular weight is 415 g/mol. The Kier molecular flexibility index (Phi) is 14.2. The van der Waals surface area contributed by atoms with Crippen molar-refractivity contribution < 1.29 is 15.4 Å². The highest BCUT2D eigenvalue weighted by atomic mass is 19.1. The van der Waals surface area contributed by atoms with Gasteiger partial charge in [0.25, 0.3) is 5.91 Å². The Morgan fingerprint density at radius 3 is 2.48 bits per heavy atom. The number of aryl methyl sites for hydroxylation is 1. The highest BCUT2D eigenvalue weighted by Gasteiger charge is 2.45. The lowest BCUT2D eigenvalue weighted by Gasteiger charge is -2.25. The van der Waals surface area contributed by atoms with Gasteiger partial charge in [-0.15, -0.1) is 5.10 Å². The fourth-order valence-corrected chi connectivity index (χ4v) is 3.23. The minimum Gasteiger partial charge on any atom is -0.353 e. The molecule has 0 aromatic carbocycles. The molecule has 1 atom stereocenters. The molecular formula is C22H43FN4O2. The third-order valence-electron chi connectivity index (χ3n) is 4.72. The topological polar surface area (TPSA) is 76.9 Å². The van der Waals surface area contributed by atoms with Gasteiger partial charge < -0.3 is 10.1 Å². The standard InChI is InChI=1S/C18H29FN4O2.2C2H6.H2/c1-3-4-13-23-15-10-6-5-7-11-18(19,16(15)21-22-23)17(25)20-12-8-9-14(2)24;2*1-2;/h3-13H2,1-2H3,(H,20,25);2*1-2H3;1H. The number of amides is 1. The summed E-state index contributed by atoms with van der Waals surface area (Å²) in [6.45, 7) is 12.6. The van der Waals surface area contributed by atoms with Crippen LogP contribution >= 0.6 is 0 Å². The molecule has 1 N–H and O–H groups in total. The molecular weight excluding hydrogens is 371 g/mol. The van der Waals surface area contributed by atoms with Crippen molar-refractivity contribution in [1.82, 2.24) is 20.3 Å². The third-order valence-corrected chi connectivity index (χ3v) is 4.72. The Bertz CT molecular complexity index is 610. The normalized spacial score (nSPS) is 18.0. The lowest BCUT2D eigenvalue weighted by molar-refractivity contribution is -0.134. The number of nitrogens with one attached hydrogen (secondary N) is 1. The summed E-state index contributed by atoms with van der Waals surface area (Å²) < 4.78 is 17.5. The second kappa shape index (κ2) is 15.1. The van der Waals surface area contributed by atoms with Crippen molar-refractivity contribution in [3.8, 4) is 0 Å². The van der Waals surface area contributed by atoms with Crippen LogP contribution in [0.1, 0.15) is 106 Å². The van der Waals surface area contributed by atoms with Crippen LogP contribution in [0.15, 0.2) is 0 Å². The van der Waals surface area contributed by atoms with Gasteiger partial charge in [0.05, 0.1) is 5.69 Å². The fraction of sp³-hybridized carbons (Fsp3) is 0.818. The summed E-state index contributed by atoms with van der Waals surface area (Å²) >= 11 is 0. The van der Waals surface area contributed by atoms with Gasteiger partial charge in [-0.25, -0.2) is 9.07 Å². The lowest BCUT2D eigenvalue weighted by Crippen LogP contribution is -2.43. The van der Waals surface area contributed by atoms with E-state index < -0.39 is 11.6 Å². The van der Waals surface area contributed by atoms with Gasteiger partial charge in [-0.05, 0) is 45.4 Å². The molecule has 0 saturated carbocycles. The van der Waals surface area contributed by atoms with E-state index in [-0.39, 0.29) is 19.3 Å². The first kappa shape index (κ1) is 27.2. The molecule has 1 aromatic rings. The highest BCUT2D eigenvalue weighted by Crippen LogP contribution is 2.36. The van der Waals surface area contributed by atoms with Gasteiger partial charge in [0.2, 0.25) is 5.67 Å². The molecule has 1 amide bonds. The lowest BCUT2D eigenvalue weighted by atomic mass is 9.88. The zero-order valence-electron chi connectivity index (χ0n) is 19.3. The maximum atomic E-state index is 15.7. The van der Waals surface area contributed by atoms with E-state index in [1.54, 1.807) is 4.68 Å². The Balaban J connectivity index is 0. The molecule has 0 aliphatic heterocycles. The van der Waals surface area contributed by atoms with Crippen LogP contribution in [0.5, 0.6) is 0 Å². The van der Waals surface area contributed by atoms with E-state index in [2.05, 4.69) is 22.6 Å². The van der Waals surface area contributed by atoms with E-state index in [9.17, 15) is 9.59 Å². The summed E-state index contributed by atoms with van der Waals surface area (Å²) in [4.78, 5) is 23.5. The molecule has 1 aliphatic rings. The number of halogens is 1. The predicted molar refractivity (Wildman–Crippen MR) is 118 cm³/mol. The monoisotopic (exact) mass is 414 g/mol. The van der Waals surface area contributed by atoms with Gasteiger partial charge in [0, 0.05) is 20.9 Å². The maximum Gasteiger partial charge on any atom is 0.264 e.